The van der Waals surface area contributed by atoms with Gasteiger partial charge in [-0.3, -0.25) is 4.57 Å². The van der Waals surface area contributed by atoms with Crippen molar-refractivity contribution in [2.45, 2.75) is 18.6 Å². The fourth-order valence-corrected chi connectivity index (χ4v) is 1.44. The Kier molecular flexibility index (Phi) is 4.83. The zero-order chi connectivity index (χ0) is 13.7. The highest BCUT2D eigenvalue weighted by molar-refractivity contribution is 5.27. The van der Waals surface area contributed by atoms with Crippen molar-refractivity contribution in [1.82, 2.24) is 9.55 Å². The number of hydrogen-bond acceptors (Lipinski definition) is 5. The third-order valence-corrected chi connectivity index (χ3v) is 2.49. The number of aliphatic hydroxyl groups is 1. The standard InChI is InChI=1S/C11H14FN3O3/c1-3-7(4-8(6-16)18-2)15-5-9(12)10(13)14-11(15)17/h1,5,7-8,16H,4,6H2,2H3,(H2,13,14,17)/t7-,8?/m0/s1. The summed E-state index contributed by atoms with van der Waals surface area (Å²) in [5.74, 6) is 1.03. The van der Waals surface area contributed by atoms with Gasteiger partial charge in [-0.15, -0.1) is 6.42 Å². The lowest BCUT2D eigenvalue weighted by atomic mass is 10.1. The number of nitrogen functional groups attached to an aromatic ring is 1. The number of rotatable bonds is 5. The average Bonchev–Trinajstić information content (AvgIpc) is 2.36. The number of anilines is 1. The molecule has 0 saturated carbocycles. The van der Waals surface area contributed by atoms with E-state index in [0.29, 0.717) is 0 Å². The Bertz CT molecular complexity index is 505. The lowest BCUT2D eigenvalue weighted by Gasteiger charge is -2.19. The molecule has 0 aliphatic heterocycles. The zero-order valence-corrected chi connectivity index (χ0v) is 9.84. The smallest absolute Gasteiger partial charge is 0.350 e. The molecule has 0 radical (unpaired) electrons. The number of hydrogen-bond donors (Lipinski definition) is 2. The van der Waals surface area contributed by atoms with Gasteiger partial charge in [0.2, 0.25) is 0 Å². The molecule has 98 valence electrons. The van der Waals surface area contributed by atoms with Gasteiger partial charge < -0.3 is 15.6 Å². The maximum absolute atomic E-state index is 13.3. The lowest BCUT2D eigenvalue weighted by molar-refractivity contribution is 0.0371. The molecule has 0 aliphatic carbocycles. The van der Waals surface area contributed by atoms with Gasteiger partial charge in [-0.25, -0.2) is 9.18 Å². The van der Waals surface area contributed by atoms with E-state index in [9.17, 15) is 9.18 Å². The van der Waals surface area contributed by atoms with Crippen LogP contribution in [0.2, 0.25) is 0 Å². The predicted molar refractivity (Wildman–Crippen MR) is 63.2 cm³/mol. The third kappa shape index (κ3) is 3.06. The average molecular weight is 255 g/mol. The van der Waals surface area contributed by atoms with Crippen LogP contribution >= 0.6 is 0 Å². The number of ether oxygens (including phenoxy) is 1. The number of terminal acetylenes is 1. The topological polar surface area (TPSA) is 90.4 Å². The van der Waals surface area contributed by atoms with Gasteiger partial charge in [0.15, 0.2) is 11.6 Å². The quantitative estimate of drug-likeness (QED) is 0.695. The van der Waals surface area contributed by atoms with Gasteiger partial charge in [-0.2, -0.15) is 4.98 Å². The second kappa shape index (κ2) is 6.14. The summed E-state index contributed by atoms with van der Waals surface area (Å²) in [6.45, 7) is -0.256. The fourth-order valence-electron chi connectivity index (χ4n) is 1.44. The summed E-state index contributed by atoms with van der Waals surface area (Å²) in [4.78, 5) is 14.9. The van der Waals surface area contributed by atoms with E-state index < -0.39 is 29.5 Å². The van der Waals surface area contributed by atoms with E-state index in [4.69, 9.17) is 22.0 Å². The maximum atomic E-state index is 13.3. The molecule has 1 aromatic heterocycles. The van der Waals surface area contributed by atoms with E-state index in [0.717, 1.165) is 10.8 Å². The summed E-state index contributed by atoms with van der Waals surface area (Å²) >= 11 is 0. The van der Waals surface area contributed by atoms with Gasteiger partial charge in [-0.05, 0) is 0 Å². The van der Waals surface area contributed by atoms with Crippen LogP contribution in [-0.4, -0.2) is 34.5 Å². The van der Waals surface area contributed by atoms with Crippen molar-refractivity contribution in [3.05, 3.63) is 22.5 Å². The molecular formula is C11H14FN3O3. The summed E-state index contributed by atoms with van der Waals surface area (Å²) in [6, 6.07) is -0.766. The number of aliphatic hydroxyl groups excluding tert-OH is 1. The molecule has 1 unspecified atom stereocenters. The second-order valence-corrected chi connectivity index (χ2v) is 3.62. The van der Waals surface area contributed by atoms with E-state index in [1.807, 2.05) is 0 Å². The maximum Gasteiger partial charge on any atom is 0.350 e. The number of halogens is 1. The molecule has 0 aliphatic rings. The van der Waals surface area contributed by atoms with Crippen molar-refractivity contribution in [2.24, 2.45) is 0 Å². The van der Waals surface area contributed by atoms with Gasteiger partial charge in [0, 0.05) is 19.7 Å². The molecule has 0 fully saturated rings. The first-order valence-electron chi connectivity index (χ1n) is 5.17. The van der Waals surface area contributed by atoms with Crippen molar-refractivity contribution in [2.75, 3.05) is 19.5 Å². The number of nitrogens with zero attached hydrogens (tertiary/aromatic N) is 2. The Morgan fingerprint density at radius 2 is 2.44 bits per heavy atom. The van der Waals surface area contributed by atoms with Crippen molar-refractivity contribution in [3.63, 3.8) is 0 Å². The largest absolute Gasteiger partial charge is 0.394 e. The second-order valence-electron chi connectivity index (χ2n) is 3.62. The van der Waals surface area contributed by atoms with Gasteiger partial charge in [-0.1, -0.05) is 5.92 Å². The Morgan fingerprint density at radius 3 is 2.94 bits per heavy atom. The Hall–Kier alpha value is -1.91. The fraction of sp³-hybridized carbons (Fsp3) is 0.455. The minimum atomic E-state index is -0.826. The zero-order valence-electron chi connectivity index (χ0n) is 9.84. The predicted octanol–water partition coefficient (Wildman–Crippen LogP) is -0.464. The SMILES string of the molecule is C#C[C@@H](CC(CO)OC)n1cc(F)c(N)nc1=O. The first-order chi connectivity index (χ1) is 8.53. The molecule has 1 rings (SSSR count). The number of methoxy groups -OCH3 is 1. The normalized spacial score (nSPS) is 13.9. The van der Waals surface area contributed by atoms with Crippen LogP contribution in [0.5, 0.6) is 0 Å². The van der Waals surface area contributed by atoms with E-state index in [2.05, 4.69) is 10.9 Å². The summed E-state index contributed by atoms with van der Waals surface area (Å²) in [6.07, 6.45) is 5.81. The van der Waals surface area contributed by atoms with Crippen molar-refractivity contribution < 1.29 is 14.2 Å². The monoisotopic (exact) mass is 255 g/mol. The van der Waals surface area contributed by atoms with Crippen molar-refractivity contribution >= 4 is 5.82 Å². The lowest BCUT2D eigenvalue weighted by Crippen LogP contribution is -2.31. The van der Waals surface area contributed by atoms with Crippen molar-refractivity contribution in [3.8, 4) is 12.3 Å². The Morgan fingerprint density at radius 1 is 1.78 bits per heavy atom. The van der Waals surface area contributed by atoms with Crippen molar-refractivity contribution in [1.29, 1.82) is 0 Å². The van der Waals surface area contributed by atoms with Crippen LogP contribution in [0.3, 0.4) is 0 Å². The molecule has 0 aromatic carbocycles. The van der Waals surface area contributed by atoms with Crippen LogP contribution in [0, 0.1) is 18.2 Å². The minimum absolute atomic E-state index is 0.161. The number of nitrogens with two attached hydrogens (primary N) is 1. The highest BCUT2D eigenvalue weighted by atomic mass is 19.1. The Labute approximate surface area is 103 Å². The molecule has 0 bridgehead atoms. The van der Waals surface area contributed by atoms with Gasteiger partial charge in [0.05, 0.1) is 12.7 Å². The van der Waals surface area contributed by atoms with Crippen LogP contribution in [0.25, 0.3) is 0 Å². The molecule has 0 saturated heterocycles. The van der Waals surface area contributed by atoms with Gasteiger partial charge in [0.1, 0.15) is 6.04 Å². The first kappa shape index (κ1) is 14.2. The summed E-state index contributed by atoms with van der Waals surface area (Å²) < 4.78 is 19.2. The summed E-state index contributed by atoms with van der Waals surface area (Å²) in [5.41, 5.74) is 4.42. The minimum Gasteiger partial charge on any atom is -0.394 e. The number of aromatic nitrogens is 2. The molecule has 6 nitrogen and oxygen atoms in total. The van der Waals surface area contributed by atoms with E-state index in [-0.39, 0.29) is 13.0 Å². The highest BCUT2D eigenvalue weighted by Gasteiger charge is 2.18. The van der Waals surface area contributed by atoms with Crippen LogP contribution in [0.4, 0.5) is 10.2 Å². The van der Waals surface area contributed by atoms with Crippen LogP contribution < -0.4 is 11.4 Å². The third-order valence-electron chi connectivity index (χ3n) is 2.49. The Balaban J connectivity index is 3.07. The molecule has 7 heteroatoms. The first-order valence-corrected chi connectivity index (χ1v) is 5.17. The molecule has 0 spiro atoms. The molecule has 18 heavy (non-hydrogen) atoms. The molecule has 0 amide bonds. The molecule has 1 heterocycles. The van der Waals surface area contributed by atoms with Gasteiger partial charge in [0.25, 0.3) is 0 Å². The summed E-state index contributed by atoms with van der Waals surface area (Å²) in [5, 5.41) is 8.99. The van der Waals surface area contributed by atoms with E-state index in [1.165, 1.54) is 7.11 Å². The van der Waals surface area contributed by atoms with Crippen LogP contribution in [0.1, 0.15) is 12.5 Å². The van der Waals surface area contributed by atoms with Crippen LogP contribution in [0.15, 0.2) is 11.0 Å². The molecule has 2 atom stereocenters. The van der Waals surface area contributed by atoms with Crippen LogP contribution in [-0.2, 0) is 4.74 Å². The highest BCUT2D eigenvalue weighted by Crippen LogP contribution is 2.14. The summed E-state index contributed by atoms with van der Waals surface area (Å²) in [7, 11) is 1.40. The molecule has 1 aromatic rings. The van der Waals surface area contributed by atoms with Gasteiger partial charge >= 0.3 is 5.69 Å². The molecule has 3 N–H and O–H groups in total. The van der Waals surface area contributed by atoms with E-state index >= 15 is 0 Å². The molecular weight excluding hydrogens is 241 g/mol. The van der Waals surface area contributed by atoms with E-state index in [1.54, 1.807) is 0 Å².